The van der Waals surface area contributed by atoms with Crippen LogP contribution in [0.2, 0.25) is 37.6 Å². The van der Waals surface area contributed by atoms with Crippen molar-refractivity contribution in [1.29, 1.82) is 0 Å². The van der Waals surface area contributed by atoms with Gasteiger partial charge in [-0.2, -0.15) is 0 Å². The lowest BCUT2D eigenvalue weighted by Crippen LogP contribution is -2.34. The van der Waals surface area contributed by atoms with E-state index in [1.54, 1.807) is 0 Å². The average molecular weight is 232 g/mol. The maximum atomic E-state index is 3.55. The van der Waals surface area contributed by atoms with Gasteiger partial charge in [-0.25, -0.2) is 0 Å². The zero-order valence-corrected chi connectivity index (χ0v) is 12.2. The molecular weight excluding hydrogens is 207 g/mol. The van der Waals surface area contributed by atoms with Gasteiger partial charge in [0.1, 0.15) is 8.07 Å². The highest BCUT2D eigenvalue weighted by Gasteiger charge is 2.38. The first kappa shape index (κ1) is 12.3. The van der Waals surface area contributed by atoms with E-state index < -0.39 is 8.07 Å². The van der Waals surface area contributed by atoms with Crippen LogP contribution in [-0.2, 0) is 0 Å². The molecule has 2 fully saturated rings. The molecule has 88 valence electrons. The fraction of sp³-hybridized carbons (Fsp3) is 0.857. The van der Waals surface area contributed by atoms with Crippen LogP contribution in [0.15, 0.2) is 0 Å². The summed E-state index contributed by atoms with van der Waals surface area (Å²) in [6, 6.07) is 0. The number of fused-ring (bicyclic) bond motifs is 2. The maximum absolute atomic E-state index is 3.55. The second-order valence-corrected chi connectivity index (χ2v) is 11.6. The first-order chi connectivity index (χ1) is 7.56. The lowest BCUT2D eigenvalue weighted by Gasteiger charge is -2.39. The minimum atomic E-state index is -1.14. The van der Waals surface area contributed by atoms with Crippen molar-refractivity contribution in [2.24, 2.45) is 0 Å². The van der Waals surface area contributed by atoms with Crippen molar-refractivity contribution in [1.82, 2.24) is 0 Å². The number of hydrogen-bond donors (Lipinski definition) is 0. The maximum Gasteiger partial charge on any atom is 0.160 e. The molecule has 0 radical (unpaired) electrons. The van der Waals surface area contributed by atoms with Crippen molar-refractivity contribution in [2.45, 2.75) is 76.1 Å². The summed E-state index contributed by atoms with van der Waals surface area (Å²) in [6.07, 6.45) is 10.2. The Hall–Kier alpha value is -0.158. The van der Waals surface area contributed by atoms with Gasteiger partial charge in [0.25, 0.3) is 0 Å². The normalized spacial score (nSPS) is 29.6. The van der Waals surface area contributed by atoms with Crippen LogP contribution in [0, 0.1) is 11.5 Å². The van der Waals surface area contributed by atoms with Crippen LogP contribution in [0.5, 0.6) is 0 Å². The van der Waals surface area contributed by atoms with E-state index in [1.165, 1.54) is 44.8 Å². The second-order valence-electron chi connectivity index (χ2n) is 6.80. The summed E-state index contributed by atoms with van der Waals surface area (Å²) >= 11 is 0. The molecule has 0 atom stereocenters. The lowest BCUT2D eigenvalue weighted by molar-refractivity contribution is 0.443. The monoisotopic (exact) mass is 232 g/mol. The quantitative estimate of drug-likeness (QED) is 0.462. The Morgan fingerprint density at radius 2 is 1.50 bits per heavy atom. The fourth-order valence-corrected chi connectivity index (χ4v) is 4.21. The molecule has 0 N–H and O–H groups in total. The number of rotatable bonds is 1. The van der Waals surface area contributed by atoms with Crippen molar-refractivity contribution in [3.8, 4) is 11.5 Å². The largest absolute Gasteiger partial charge is 0.160 e. The van der Waals surface area contributed by atoms with E-state index in [4.69, 9.17) is 0 Å². The van der Waals surface area contributed by atoms with Crippen LogP contribution >= 0.6 is 0 Å². The summed E-state index contributed by atoms with van der Waals surface area (Å²) in [6.45, 7) is 8.01. The van der Waals surface area contributed by atoms with Crippen molar-refractivity contribution < 1.29 is 0 Å². The van der Waals surface area contributed by atoms with Crippen LogP contribution in [0.25, 0.3) is 0 Å². The molecule has 2 aliphatic heterocycles. The Bertz CT molecular complexity index is 272. The molecule has 0 nitrogen and oxygen atoms in total. The predicted octanol–water partition coefficient (Wildman–Crippen LogP) is 4.47. The molecule has 0 amide bonds. The van der Waals surface area contributed by atoms with Gasteiger partial charge in [0.2, 0.25) is 0 Å². The zero-order chi connectivity index (χ0) is 11.6. The smallest absolute Gasteiger partial charge is 0.133 e. The van der Waals surface area contributed by atoms with Crippen molar-refractivity contribution in [2.75, 3.05) is 0 Å². The standard InChI is InChI=1S/C14H25BSi/c1-16(2,3)12-6-11-15-13-7-4-8-14(15)10-5-9-13/h13-14H,4-5,7-11H2,1-3H3. The molecule has 0 aromatic heterocycles. The van der Waals surface area contributed by atoms with Crippen molar-refractivity contribution in [3.63, 3.8) is 0 Å². The summed E-state index contributed by atoms with van der Waals surface area (Å²) in [5.41, 5.74) is 3.55. The Balaban J connectivity index is 1.95. The lowest BCUT2D eigenvalue weighted by atomic mass is 9.26. The molecule has 0 saturated carbocycles. The SMILES string of the molecule is C[Si](C)(C)C#CCB1C2CCCC1CCC2. The molecule has 2 heterocycles. The highest BCUT2D eigenvalue weighted by atomic mass is 28.3. The molecular formula is C14H25BSi. The van der Waals surface area contributed by atoms with E-state index in [0.29, 0.717) is 0 Å². The van der Waals surface area contributed by atoms with E-state index in [0.717, 1.165) is 18.3 Å². The third-order valence-electron chi connectivity index (χ3n) is 4.31. The van der Waals surface area contributed by atoms with E-state index in [9.17, 15) is 0 Å². The van der Waals surface area contributed by atoms with Crippen LogP contribution < -0.4 is 0 Å². The summed E-state index contributed by atoms with van der Waals surface area (Å²) in [5.74, 6) is 5.60. The average Bonchev–Trinajstić information content (AvgIpc) is 2.15. The van der Waals surface area contributed by atoms with Gasteiger partial charge in [0.15, 0.2) is 6.71 Å². The molecule has 0 unspecified atom stereocenters. The van der Waals surface area contributed by atoms with E-state index >= 15 is 0 Å². The third-order valence-corrected chi connectivity index (χ3v) is 5.24. The highest BCUT2D eigenvalue weighted by Crippen LogP contribution is 2.47. The summed E-state index contributed by atoms with van der Waals surface area (Å²) in [4.78, 5) is 0. The number of hydrogen-bond acceptors (Lipinski definition) is 0. The van der Waals surface area contributed by atoms with Crippen molar-refractivity contribution in [3.05, 3.63) is 0 Å². The van der Waals surface area contributed by atoms with Gasteiger partial charge in [0.05, 0.1) is 0 Å². The first-order valence-electron chi connectivity index (χ1n) is 7.06. The summed E-state index contributed by atoms with van der Waals surface area (Å²) in [5, 5.41) is 0. The molecule has 16 heavy (non-hydrogen) atoms. The summed E-state index contributed by atoms with van der Waals surface area (Å²) < 4.78 is 0. The first-order valence-corrected chi connectivity index (χ1v) is 10.6. The fourth-order valence-electron chi connectivity index (χ4n) is 3.58. The Kier molecular flexibility index (Phi) is 3.85. The van der Waals surface area contributed by atoms with Gasteiger partial charge in [-0.3, -0.25) is 0 Å². The Morgan fingerprint density at radius 1 is 1.00 bits per heavy atom. The van der Waals surface area contributed by atoms with Gasteiger partial charge in [0, 0.05) is 0 Å². The van der Waals surface area contributed by atoms with Crippen LogP contribution in [-0.4, -0.2) is 14.8 Å². The van der Waals surface area contributed by atoms with Crippen LogP contribution in [0.4, 0.5) is 0 Å². The van der Waals surface area contributed by atoms with Gasteiger partial charge in [-0.15, -0.1) is 11.5 Å². The van der Waals surface area contributed by atoms with Crippen LogP contribution in [0.3, 0.4) is 0 Å². The van der Waals surface area contributed by atoms with Gasteiger partial charge >= 0.3 is 0 Å². The van der Waals surface area contributed by atoms with Gasteiger partial charge in [-0.05, 0) is 6.32 Å². The van der Waals surface area contributed by atoms with Gasteiger partial charge in [-0.1, -0.05) is 69.8 Å². The molecule has 2 aliphatic rings. The van der Waals surface area contributed by atoms with Gasteiger partial charge < -0.3 is 0 Å². The molecule has 2 bridgehead atoms. The van der Waals surface area contributed by atoms with Crippen molar-refractivity contribution >= 4 is 14.8 Å². The Labute approximate surface area is 103 Å². The molecule has 0 aliphatic carbocycles. The zero-order valence-electron chi connectivity index (χ0n) is 11.2. The third kappa shape index (κ3) is 3.17. The summed E-state index contributed by atoms with van der Waals surface area (Å²) in [7, 11) is -1.14. The molecule has 2 saturated heterocycles. The molecule has 0 aromatic carbocycles. The molecule has 2 rings (SSSR count). The molecule has 0 spiro atoms. The van der Waals surface area contributed by atoms with E-state index in [1.807, 2.05) is 0 Å². The highest BCUT2D eigenvalue weighted by molar-refractivity contribution is 6.84. The van der Waals surface area contributed by atoms with Crippen LogP contribution in [0.1, 0.15) is 38.5 Å². The molecule has 0 aromatic rings. The minimum Gasteiger partial charge on any atom is -0.133 e. The Morgan fingerprint density at radius 3 is 1.94 bits per heavy atom. The van der Waals surface area contributed by atoms with E-state index in [2.05, 4.69) is 31.1 Å². The predicted molar refractivity (Wildman–Crippen MR) is 76.9 cm³/mol. The second kappa shape index (κ2) is 5.00. The molecule has 2 heteroatoms. The minimum absolute atomic E-state index is 0.964. The van der Waals surface area contributed by atoms with E-state index in [-0.39, 0.29) is 0 Å². The topological polar surface area (TPSA) is 0 Å².